The Kier molecular flexibility index (Phi) is 4.05. The number of nitrogens with one attached hydrogen (secondary N) is 1. The summed E-state index contributed by atoms with van der Waals surface area (Å²) in [4.78, 5) is 13.8. The molecule has 1 aliphatic carbocycles. The van der Waals surface area contributed by atoms with Crippen molar-refractivity contribution in [3.8, 4) is 0 Å². The number of aliphatic carboxylic acids is 1. The molecule has 1 atom stereocenters. The number of carbonyl (C=O) groups is 1. The van der Waals surface area contributed by atoms with E-state index >= 15 is 0 Å². The zero-order valence-electron chi connectivity index (χ0n) is 10.7. The second-order valence-corrected chi connectivity index (χ2v) is 5.52. The Balaban J connectivity index is 1.82. The van der Waals surface area contributed by atoms with Crippen LogP contribution in [0.4, 0.5) is 0 Å². The van der Waals surface area contributed by atoms with Crippen molar-refractivity contribution in [1.29, 1.82) is 0 Å². The highest BCUT2D eigenvalue weighted by Gasteiger charge is 2.41. The van der Waals surface area contributed by atoms with Gasteiger partial charge in [-0.25, -0.2) is 0 Å². The van der Waals surface area contributed by atoms with Crippen LogP contribution < -0.4 is 5.32 Å². The summed E-state index contributed by atoms with van der Waals surface area (Å²) >= 11 is 0. The second-order valence-electron chi connectivity index (χ2n) is 5.52. The molecule has 4 heteroatoms. The highest BCUT2D eigenvalue weighted by atomic mass is 16.4. The van der Waals surface area contributed by atoms with Gasteiger partial charge in [0, 0.05) is 13.1 Å². The van der Waals surface area contributed by atoms with Crippen LogP contribution in [0.1, 0.15) is 39.0 Å². The molecular weight excluding hydrogens is 216 g/mol. The summed E-state index contributed by atoms with van der Waals surface area (Å²) in [7, 11) is 0. The Morgan fingerprint density at radius 1 is 1.47 bits per heavy atom. The first-order valence-electron chi connectivity index (χ1n) is 6.87. The molecule has 2 rings (SSSR count). The second kappa shape index (κ2) is 5.36. The van der Waals surface area contributed by atoms with Crippen molar-refractivity contribution in [1.82, 2.24) is 10.2 Å². The van der Waals surface area contributed by atoms with E-state index in [0.717, 1.165) is 45.3 Å². The smallest absolute Gasteiger partial charge is 0.323 e. The summed E-state index contributed by atoms with van der Waals surface area (Å²) in [5.41, 5.74) is -0.611. The Morgan fingerprint density at radius 3 is 2.71 bits per heavy atom. The number of carboxylic acid groups (broad SMARTS) is 1. The molecule has 0 aromatic carbocycles. The molecular formula is C13H24N2O2. The minimum Gasteiger partial charge on any atom is -0.480 e. The van der Waals surface area contributed by atoms with E-state index in [9.17, 15) is 9.90 Å². The average Bonchev–Trinajstić information content (AvgIpc) is 2.96. The fourth-order valence-corrected chi connectivity index (χ4v) is 3.15. The zero-order chi connectivity index (χ0) is 12.3. The van der Waals surface area contributed by atoms with Gasteiger partial charge in [0.05, 0.1) is 0 Å². The maximum Gasteiger partial charge on any atom is 0.323 e. The molecule has 2 N–H and O–H groups in total. The molecule has 0 bridgehead atoms. The maximum atomic E-state index is 11.4. The van der Waals surface area contributed by atoms with Crippen molar-refractivity contribution >= 4 is 5.97 Å². The van der Waals surface area contributed by atoms with E-state index in [2.05, 4.69) is 17.1 Å². The topological polar surface area (TPSA) is 52.6 Å². The van der Waals surface area contributed by atoms with Crippen molar-refractivity contribution in [3.05, 3.63) is 0 Å². The minimum absolute atomic E-state index is 0.611. The molecule has 98 valence electrons. The molecule has 17 heavy (non-hydrogen) atoms. The van der Waals surface area contributed by atoms with E-state index < -0.39 is 11.5 Å². The van der Waals surface area contributed by atoms with Crippen molar-refractivity contribution < 1.29 is 9.90 Å². The van der Waals surface area contributed by atoms with Crippen LogP contribution in [0, 0.1) is 5.92 Å². The molecule has 0 aromatic heterocycles. The van der Waals surface area contributed by atoms with Crippen LogP contribution in [0.15, 0.2) is 0 Å². The zero-order valence-corrected chi connectivity index (χ0v) is 10.7. The number of hydrogen-bond donors (Lipinski definition) is 2. The molecule has 1 heterocycles. The summed E-state index contributed by atoms with van der Waals surface area (Å²) in [6.07, 6.45) is 4.89. The van der Waals surface area contributed by atoms with Crippen LogP contribution in [-0.4, -0.2) is 47.7 Å². The first kappa shape index (κ1) is 12.8. The van der Waals surface area contributed by atoms with Gasteiger partial charge in [0.1, 0.15) is 5.54 Å². The fraction of sp³-hybridized carbons (Fsp3) is 0.923. The number of hydrogen-bond acceptors (Lipinski definition) is 3. The van der Waals surface area contributed by atoms with Crippen molar-refractivity contribution in [2.45, 2.75) is 44.6 Å². The lowest BCUT2D eigenvalue weighted by Gasteiger charge is -2.27. The number of nitrogens with zero attached hydrogens (tertiary/aromatic N) is 1. The Morgan fingerprint density at radius 2 is 2.18 bits per heavy atom. The Labute approximate surface area is 103 Å². The first-order valence-corrected chi connectivity index (χ1v) is 6.87. The van der Waals surface area contributed by atoms with Crippen LogP contribution in [0.2, 0.25) is 0 Å². The minimum atomic E-state index is -0.652. The average molecular weight is 240 g/mol. The van der Waals surface area contributed by atoms with E-state index in [0.29, 0.717) is 5.92 Å². The van der Waals surface area contributed by atoms with Gasteiger partial charge in [0.2, 0.25) is 0 Å². The lowest BCUT2D eigenvalue weighted by molar-refractivity contribution is -0.144. The van der Waals surface area contributed by atoms with Gasteiger partial charge in [-0.05, 0) is 38.3 Å². The SMILES string of the molecule is CCN1CCC(CNC2(C(=O)O)CCCC2)C1. The van der Waals surface area contributed by atoms with E-state index in [1.165, 1.54) is 13.0 Å². The third-order valence-corrected chi connectivity index (χ3v) is 4.41. The Bertz CT molecular complexity index is 275. The monoisotopic (exact) mass is 240 g/mol. The first-order chi connectivity index (χ1) is 8.16. The van der Waals surface area contributed by atoms with Crippen LogP contribution in [0.25, 0.3) is 0 Å². The molecule has 1 aliphatic heterocycles. The van der Waals surface area contributed by atoms with E-state index in [-0.39, 0.29) is 0 Å². The van der Waals surface area contributed by atoms with Crippen LogP contribution in [0.3, 0.4) is 0 Å². The van der Waals surface area contributed by atoms with Gasteiger partial charge in [0.25, 0.3) is 0 Å². The lowest BCUT2D eigenvalue weighted by atomic mass is 9.96. The Hall–Kier alpha value is -0.610. The lowest BCUT2D eigenvalue weighted by Crippen LogP contribution is -2.51. The van der Waals surface area contributed by atoms with Gasteiger partial charge in [-0.2, -0.15) is 0 Å². The molecule has 2 aliphatic rings. The predicted molar refractivity (Wildman–Crippen MR) is 67.1 cm³/mol. The molecule has 0 amide bonds. The highest BCUT2D eigenvalue weighted by Crippen LogP contribution is 2.30. The van der Waals surface area contributed by atoms with Gasteiger partial charge in [0.15, 0.2) is 0 Å². The summed E-state index contributed by atoms with van der Waals surface area (Å²) < 4.78 is 0. The van der Waals surface area contributed by atoms with Crippen molar-refractivity contribution in [2.75, 3.05) is 26.2 Å². The maximum absolute atomic E-state index is 11.4. The van der Waals surface area contributed by atoms with Gasteiger partial charge >= 0.3 is 5.97 Å². The molecule has 1 saturated heterocycles. The molecule has 2 fully saturated rings. The third kappa shape index (κ3) is 2.80. The molecule has 1 unspecified atom stereocenters. The van der Waals surface area contributed by atoms with Crippen LogP contribution >= 0.6 is 0 Å². The van der Waals surface area contributed by atoms with Crippen LogP contribution in [0.5, 0.6) is 0 Å². The third-order valence-electron chi connectivity index (χ3n) is 4.41. The van der Waals surface area contributed by atoms with Gasteiger partial charge in [-0.15, -0.1) is 0 Å². The molecule has 4 nitrogen and oxygen atoms in total. The molecule has 0 aromatic rings. The van der Waals surface area contributed by atoms with Crippen molar-refractivity contribution in [2.24, 2.45) is 5.92 Å². The number of likely N-dealkylation sites (tertiary alicyclic amines) is 1. The van der Waals surface area contributed by atoms with Gasteiger partial charge < -0.3 is 15.3 Å². The van der Waals surface area contributed by atoms with Gasteiger partial charge in [-0.1, -0.05) is 19.8 Å². The van der Waals surface area contributed by atoms with Crippen LogP contribution in [-0.2, 0) is 4.79 Å². The summed E-state index contributed by atoms with van der Waals surface area (Å²) in [5.74, 6) is -0.0212. The molecule has 0 spiro atoms. The van der Waals surface area contributed by atoms with E-state index in [4.69, 9.17) is 0 Å². The largest absolute Gasteiger partial charge is 0.480 e. The normalized spacial score (nSPS) is 28.6. The number of rotatable bonds is 5. The van der Waals surface area contributed by atoms with E-state index in [1.807, 2.05) is 0 Å². The van der Waals surface area contributed by atoms with Gasteiger partial charge in [-0.3, -0.25) is 4.79 Å². The predicted octanol–water partition coefficient (Wildman–Crippen LogP) is 1.32. The van der Waals surface area contributed by atoms with Crippen molar-refractivity contribution in [3.63, 3.8) is 0 Å². The molecule has 1 saturated carbocycles. The summed E-state index contributed by atoms with van der Waals surface area (Å²) in [6.45, 7) is 6.46. The quantitative estimate of drug-likeness (QED) is 0.761. The highest BCUT2D eigenvalue weighted by molar-refractivity contribution is 5.79. The molecule has 0 radical (unpaired) electrons. The van der Waals surface area contributed by atoms with E-state index in [1.54, 1.807) is 0 Å². The standard InChI is InChI=1S/C13H24N2O2/c1-2-15-8-5-11(10-15)9-14-13(12(16)17)6-3-4-7-13/h11,14H,2-10H2,1H3,(H,16,17). The fourth-order valence-electron chi connectivity index (χ4n) is 3.15. The summed E-state index contributed by atoms with van der Waals surface area (Å²) in [6, 6.07) is 0. The summed E-state index contributed by atoms with van der Waals surface area (Å²) in [5, 5.41) is 12.7. The number of carboxylic acids is 1.